The molecule has 1 aliphatic rings. The standard InChI is InChI=1S/C14H22N2/c1-11-10-16(9-8-14(11)15)12(2)13-6-4-3-5-7-13/h3-7,11-12,14H,8-10,15H2,1-2H3. The maximum Gasteiger partial charge on any atom is 0.0320 e. The van der Waals surface area contributed by atoms with Crippen molar-refractivity contribution in [2.24, 2.45) is 11.7 Å². The van der Waals surface area contributed by atoms with Gasteiger partial charge in [-0.3, -0.25) is 4.90 Å². The third-order valence-electron chi connectivity index (χ3n) is 3.83. The van der Waals surface area contributed by atoms with E-state index in [0.29, 0.717) is 18.0 Å². The van der Waals surface area contributed by atoms with E-state index in [1.54, 1.807) is 0 Å². The average Bonchev–Trinajstić information content (AvgIpc) is 2.33. The zero-order valence-electron chi connectivity index (χ0n) is 10.3. The first kappa shape index (κ1) is 11.6. The molecule has 0 saturated carbocycles. The normalized spacial score (nSPS) is 28.9. The van der Waals surface area contributed by atoms with Crippen LogP contribution in [0.15, 0.2) is 30.3 Å². The maximum atomic E-state index is 6.05. The predicted octanol–water partition coefficient (Wildman–Crippen LogP) is 2.42. The van der Waals surface area contributed by atoms with Gasteiger partial charge in [-0.15, -0.1) is 0 Å². The van der Waals surface area contributed by atoms with Gasteiger partial charge in [-0.25, -0.2) is 0 Å². The molecule has 88 valence electrons. The molecule has 2 heteroatoms. The molecular formula is C14H22N2. The molecule has 1 fully saturated rings. The van der Waals surface area contributed by atoms with E-state index in [9.17, 15) is 0 Å². The molecule has 1 aromatic rings. The Morgan fingerprint density at radius 2 is 2.00 bits per heavy atom. The smallest absolute Gasteiger partial charge is 0.0320 e. The van der Waals surface area contributed by atoms with Crippen molar-refractivity contribution < 1.29 is 0 Å². The Bertz CT molecular complexity index is 323. The Kier molecular flexibility index (Phi) is 3.62. The number of likely N-dealkylation sites (tertiary alicyclic amines) is 1. The van der Waals surface area contributed by atoms with Gasteiger partial charge in [-0.2, -0.15) is 0 Å². The highest BCUT2D eigenvalue weighted by atomic mass is 15.2. The minimum Gasteiger partial charge on any atom is -0.327 e. The lowest BCUT2D eigenvalue weighted by molar-refractivity contribution is 0.124. The van der Waals surface area contributed by atoms with Crippen molar-refractivity contribution in [2.45, 2.75) is 32.4 Å². The Morgan fingerprint density at radius 1 is 1.31 bits per heavy atom. The number of nitrogens with zero attached hydrogens (tertiary/aromatic N) is 1. The Balaban J connectivity index is 2.03. The summed E-state index contributed by atoms with van der Waals surface area (Å²) in [6.07, 6.45) is 1.12. The summed E-state index contributed by atoms with van der Waals surface area (Å²) in [5, 5.41) is 0. The summed E-state index contributed by atoms with van der Waals surface area (Å²) >= 11 is 0. The zero-order chi connectivity index (χ0) is 11.5. The molecule has 0 aromatic heterocycles. The molecule has 0 aliphatic carbocycles. The van der Waals surface area contributed by atoms with Crippen molar-refractivity contribution in [2.75, 3.05) is 13.1 Å². The van der Waals surface area contributed by atoms with Gasteiger partial charge in [0.2, 0.25) is 0 Å². The minimum absolute atomic E-state index is 0.388. The molecule has 0 radical (unpaired) electrons. The van der Waals surface area contributed by atoms with Crippen LogP contribution in [0, 0.1) is 5.92 Å². The van der Waals surface area contributed by atoms with E-state index in [2.05, 4.69) is 49.1 Å². The van der Waals surface area contributed by atoms with Crippen LogP contribution in [0.4, 0.5) is 0 Å². The zero-order valence-corrected chi connectivity index (χ0v) is 10.3. The number of hydrogen-bond acceptors (Lipinski definition) is 2. The molecule has 3 unspecified atom stereocenters. The van der Waals surface area contributed by atoms with Crippen molar-refractivity contribution in [3.8, 4) is 0 Å². The van der Waals surface area contributed by atoms with Crippen LogP contribution >= 0.6 is 0 Å². The molecule has 1 saturated heterocycles. The largest absolute Gasteiger partial charge is 0.327 e. The Labute approximate surface area is 98.4 Å². The highest BCUT2D eigenvalue weighted by Gasteiger charge is 2.26. The highest BCUT2D eigenvalue weighted by Crippen LogP contribution is 2.25. The first-order valence-corrected chi connectivity index (χ1v) is 6.23. The monoisotopic (exact) mass is 218 g/mol. The van der Waals surface area contributed by atoms with Crippen molar-refractivity contribution >= 4 is 0 Å². The molecule has 2 nitrogen and oxygen atoms in total. The molecule has 0 bridgehead atoms. The summed E-state index contributed by atoms with van der Waals surface area (Å²) in [5.41, 5.74) is 7.46. The fourth-order valence-electron chi connectivity index (χ4n) is 2.49. The number of piperidine rings is 1. The van der Waals surface area contributed by atoms with E-state index in [4.69, 9.17) is 5.73 Å². The molecule has 16 heavy (non-hydrogen) atoms. The number of benzene rings is 1. The second-order valence-corrected chi connectivity index (χ2v) is 5.01. The topological polar surface area (TPSA) is 29.3 Å². The first-order chi connectivity index (χ1) is 7.68. The SMILES string of the molecule is CC1CN(C(C)c2ccccc2)CCC1N. The summed E-state index contributed by atoms with van der Waals surface area (Å²) in [4.78, 5) is 2.54. The van der Waals surface area contributed by atoms with Gasteiger partial charge in [-0.1, -0.05) is 37.3 Å². The number of rotatable bonds is 2. The highest BCUT2D eigenvalue weighted by molar-refractivity contribution is 5.18. The second-order valence-electron chi connectivity index (χ2n) is 5.01. The quantitative estimate of drug-likeness (QED) is 0.826. The summed E-state index contributed by atoms with van der Waals surface area (Å²) < 4.78 is 0. The van der Waals surface area contributed by atoms with E-state index in [1.807, 2.05) is 0 Å². The van der Waals surface area contributed by atoms with Crippen LogP contribution in [-0.4, -0.2) is 24.0 Å². The van der Waals surface area contributed by atoms with E-state index in [-0.39, 0.29) is 0 Å². The third kappa shape index (κ3) is 2.45. The van der Waals surface area contributed by atoms with Crippen LogP contribution in [0.1, 0.15) is 31.9 Å². The van der Waals surface area contributed by atoms with Crippen LogP contribution in [0.5, 0.6) is 0 Å². The van der Waals surface area contributed by atoms with Gasteiger partial charge >= 0.3 is 0 Å². The van der Waals surface area contributed by atoms with Gasteiger partial charge in [0.05, 0.1) is 0 Å². The molecule has 1 aliphatic heterocycles. The minimum atomic E-state index is 0.388. The fourth-order valence-corrected chi connectivity index (χ4v) is 2.49. The molecule has 3 atom stereocenters. The summed E-state index contributed by atoms with van der Waals surface area (Å²) in [6, 6.07) is 11.6. The van der Waals surface area contributed by atoms with Gasteiger partial charge in [-0.05, 0) is 24.8 Å². The van der Waals surface area contributed by atoms with Crippen molar-refractivity contribution in [1.29, 1.82) is 0 Å². The van der Waals surface area contributed by atoms with E-state index >= 15 is 0 Å². The van der Waals surface area contributed by atoms with Gasteiger partial charge in [0, 0.05) is 25.2 Å². The van der Waals surface area contributed by atoms with Gasteiger partial charge < -0.3 is 5.73 Å². The van der Waals surface area contributed by atoms with Crippen LogP contribution in [0.25, 0.3) is 0 Å². The average molecular weight is 218 g/mol. The fraction of sp³-hybridized carbons (Fsp3) is 0.571. The summed E-state index contributed by atoms with van der Waals surface area (Å²) in [7, 11) is 0. The predicted molar refractivity (Wildman–Crippen MR) is 68.2 cm³/mol. The van der Waals surface area contributed by atoms with Crippen LogP contribution in [0.2, 0.25) is 0 Å². The molecular weight excluding hydrogens is 196 g/mol. The van der Waals surface area contributed by atoms with Crippen molar-refractivity contribution in [3.63, 3.8) is 0 Å². The van der Waals surface area contributed by atoms with Gasteiger partial charge in [0.1, 0.15) is 0 Å². The molecule has 0 spiro atoms. The third-order valence-corrected chi connectivity index (χ3v) is 3.83. The Morgan fingerprint density at radius 3 is 2.62 bits per heavy atom. The maximum absolute atomic E-state index is 6.05. The first-order valence-electron chi connectivity index (χ1n) is 6.23. The van der Waals surface area contributed by atoms with Crippen LogP contribution in [0.3, 0.4) is 0 Å². The van der Waals surface area contributed by atoms with Crippen molar-refractivity contribution in [3.05, 3.63) is 35.9 Å². The number of nitrogens with two attached hydrogens (primary N) is 1. The molecule has 1 heterocycles. The van der Waals surface area contributed by atoms with Crippen molar-refractivity contribution in [1.82, 2.24) is 4.90 Å². The lowest BCUT2D eigenvalue weighted by Crippen LogP contribution is -2.46. The van der Waals surface area contributed by atoms with E-state index in [1.165, 1.54) is 5.56 Å². The second kappa shape index (κ2) is 4.98. The number of hydrogen-bond donors (Lipinski definition) is 1. The molecule has 0 amide bonds. The lowest BCUT2D eigenvalue weighted by atomic mass is 9.93. The Hall–Kier alpha value is -0.860. The van der Waals surface area contributed by atoms with Crippen LogP contribution in [-0.2, 0) is 0 Å². The molecule has 2 N–H and O–H groups in total. The van der Waals surface area contributed by atoms with Gasteiger partial charge in [0.25, 0.3) is 0 Å². The van der Waals surface area contributed by atoms with E-state index in [0.717, 1.165) is 19.5 Å². The molecule has 1 aromatic carbocycles. The summed E-state index contributed by atoms with van der Waals surface area (Å²) in [6.45, 7) is 6.80. The van der Waals surface area contributed by atoms with Gasteiger partial charge in [0.15, 0.2) is 0 Å². The van der Waals surface area contributed by atoms with Crippen LogP contribution < -0.4 is 5.73 Å². The van der Waals surface area contributed by atoms with E-state index < -0.39 is 0 Å². The summed E-state index contributed by atoms with van der Waals surface area (Å²) in [5.74, 6) is 0.611. The lowest BCUT2D eigenvalue weighted by Gasteiger charge is -2.38. The molecule has 2 rings (SSSR count).